The van der Waals surface area contributed by atoms with Gasteiger partial charge in [0.25, 0.3) is 0 Å². The zero-order valence-electron chi connectivity index (χ0n) is 18.0. The summed E-state index contributed by atoms with van der Waals surface area (Å²) >= 11 is 7.66. The van der Waals surface area contributed by atoms with Gasteiger partial charge in [0.2, 0.25) is 0 Å². The van der Waals surface area contributed by atoms with Gasteiger partial charge in [-0.15, -0.1) is 0 Å². The van der Waals surface area contributed by atoms with Gasteiger partial charge in [-0.1, -0.05) is 97.1 Å². The van der Waals surface area contributed by atoms with E-state index in [1.54, 1.807) is 0 Å². The molecule has 0 saturated carbocycles. The first-order valence-corrected chi connectivity index (χ1v) is 13.0. The van der Waals surface area contributed by atoms with E-state index < -0.39 is 0 Å². The summed E-state index contributed by atoms with van der Waals surface area (Å²) in [6, 6.07) is 35.9. The molecule has 0 bridgehead atoms. The number of hydrogen-bond donors (Lipinski definition) is 0. The fourth-order valence-electron chi connectivity index (χ4n) is 6.34. The summed E-state index contributed by atoms with van der Waals surface area (Å²) in [6.45, 7) is 0. The Balaban J connectivity index is 1.93. The maximum atomic E-state index is 3.83. The van der Waals surface area contributed by atoms with E-state index in [1.165, 1.54) is 81.3 Å². The van der Waals surface area contributed by atoms with Crippen molar-refractivity contribution in [2.75, 3.05) is 0 Å². The second-order valence-electron chi connectivity index (χ2n) is 9.10. The Labute approximate surface area is 212 Å². The zero-order valence-corrected chi connectivity index (χ0v) is 21.2. The number of halogens is 2. The van der Waals surface area contributed by atoms with Crippen LogP contribution < -0.4 is 0 Å². The third kappa shape index (κ3) is 2.23. The van der Waals surface area contributed by atoms with Crippen LogP contribution in [0.4, 0.5) is 0 Å². The third-order valence-corrected chi connectivity index (χ3v) is 8.35. The van der Waals surface area contributed by atoms with E-state index in [2.05, 4.69) is 129 Å². The number of hydrogen-bond acceptors (Lipinski definition) is 0. The van der Waals surface area contributed by atoms with Crippen LogP contribution in [0.5, 0.6) is 0 Å². The average molecular weight is 560 g/mol. The number of rotatable bonds is 0. The van der Waals surface area contributed by atoms with Gasteiger partial charge in [-0.05, 0) is 108 Å². The van der Waals surface area contributed by atoms with Crippen LogP contribution in [0.1, 0.15) is 11.1 Å². The van der Waals surface area contributed by atoms with Crippen LogP contribution >= 0.6 is 31.9 Å². The van der Waals surface area contributed by atoms with Gasteiger partial charge in [-0.2, -0.15) is 0 Å². The van der Waals surface area contributed by atoms with Gasteiger partial charge >= 0.3 is 0 Å². The molecule has 8 rings (SSSR count). The second-order valence-corrected chi connectivity index (χ2v) is 11.7. The molecule has 0 aliphatic heterocycles. The van der Waals surface area contributed by atoms with Crippen molar-refractivity contribution in [1.82, 2.24) is 0 Å². The highest BCUT2D eigenvalue weighted by Crippen LogP contribution is 2.52. The van der Waals surface area contributed by atoms with Crippen LogP contribution in [-0.4, -0.2) is 0 Å². The van der Waals surface area contributed by atoms with Crippen molar-refractivity contribution in [1.29, 1.82) is 0 Å². The third-order valence-electron chi connectivity index (χ3n) is 7.56. The Morgan fingerprint density at radius 2 is 0.912 bits per heavy atom. The van der Waals surface area contributed by atoms with E-state index in [0.717, 1.165) is 3.39 Å². The van der Waals surface area contributed by atoms with Gasteiger partial charge in [-0.3, -0.25) is 0 Å². The summed E-state index contributed by atoms with van der Waals surface area (Å²) in [7, 11) is 0. The Morgan fingerprint density at radius 3 is 1.59 bits per heavy atom. The molecule has 0 atom stereocenters. The highest BCUT2D eigenvalue weighted by atomic mass is 79.9. The summed E-state index contributed by atoms with van der Waals surface area (Å²) in [4.78, 5) is 0. The van der Waals surface area contributed by atoms with E-state index in [4.69, 9.17) is 0 Å². The lowest BCUT2D eigenvalue weighted by Gasteiger charge is -2.17. The summed E-state index contributed by atoms with van der Waals surface area (Å²) < 4.78 is 0.982. The molecule has 7 aromatic rings. The molecule has 1 aliphatic carbocycles. The van der Waals surface area contributed by atoms with Gasteiger partial charge in [0.15, 0.2) is 0 Å². The van der Waals surface area contributed by atoms with E-state index in [9.17, 15) is 0 Å². The standard InChI is InChI=1S/C32H16Br2/c33-32(34)29-24-13-5-7-17-15-16-23-19-9-2-4-11-21(19)27-20-10-3-1-8-18(20)22-12-6-14-25(29)28(22)31(27)30(23)26(17)24/h1-16H. The van der Waals surface area contributed by atoms with Gasteiger partial charge in [0, 0.05) is 5.57 Å². The molecule has 158 valence electrons. The molecule has 2 heteroatoms. The number of benzene rings is 7. The summed E-state index contributed by atoms with van der Waals surface area (Å²) in [5.74, 6) is 0. The molecule has 1 aliphatic rings. The first-order chi connectivity index (χ1) is 16.7. The molecule has 0 amide bonds. The van der Waals surface area contributed by atoms with Gasteiger partial charge in [-0.25, -0.2) is 0 Å². The number of fused-ring (bicyclic) bond motifs is 6. The lowest BCUT2D eigenvalue weighted by Crippen LogP contribution is -1.91. The molecule has 0 radical (unpaired) electrons. The van der Waals surface area contributed by atoms with Crippen molar-refractivity contribution >= 4 is 102 Å². The lowest BCUT2D eigenvalue weighted by molar-refractivity contribution is 1.66. The van der Waals surface area contributed by atoms with E-state index >= 15 is 0 Å². The summed E-state index contributed by atoms with van der Waals surface area (Å²) in [5.41, 5.74) is 3.73. The Kier molecular flexibility index (Phi) is 3.76. The molecule has 7 aromatic carbocycles. The van der Waals surface area contributed by atoms with Crippen molar-refractivity contribution in [3.63, 3.8) is 0 Å². The molecule has 0 heterocycles. The van der Waals surface area contributed by atoms with Crippen LogP contribution in [0.3, 0.4) is 0 Å². The predicted octanol–water partition coefficient (Wildman–Crippen LogP) is 10.4. The quantitative estimate of drug-likeness (QED) is 0.162. The van der Waals surface area contributed by atoms with Crippen LogP contribution in [-0.2, 0) is 0 Å². The fourth-order valence-corrected chi connectivity index (χ4v) is 7.19. The van der Waals surface area contributed by atoms with Crippen molar-refractivity contribution in [3.05, 3.63) is 112 Å². The minimum absolute atomic E-state index is 0.982. The summed E-state index contributed by atoms with van der Waals surface area (Å²) in [6.07, 6.45) is 0. The van der Waals surface area contributed by atoms with Crippen LogP contribution in [0, 0.1) is 0 Å². The molecule has 0 spiro atoms. The maximum absolute atomic E-state index is 3.83. The molecular formula is C32H16Br2. The molecule has 34 heavy (non-hydrogen) atoms. The summed E-state index contributed by atoms with van der Waals surface area (Å²) in [5, 5.41) is 15.9. The highest BCUT2D eigenvalue weighted by molar-refractivity contribution is 9.28. The Morgan fingerprint density at radius 1 is 0.382 bits per heavy atom. The average Bonchev–Trinajstić information content (AvgIpc) is 3.01. The fraction of sp³-hybridized carbons (Fsp3) is 0. The van der Waals surface area contributed by atoms with Crippen LogP contribution in [0.15, 0.2) is 100 Å². The highest BCUT2D eigenvalue weighted by Gasteiger charge is 2.25. The monoisotopic (exact) mass is 558 g/mol. The molecule has 0 fully saturated rings. The molecule has 0 unspecified atom stereocenters. The van der Waals surface area contributed by atoms with E-state index in [-0.39, 0.29) is 0 Å². The minimum Gasteiger partial charge on any atom is -0.0616 e. The zero-order chi connectivity index (χ0) is 22.6. The molecular weight excluding hydrogens is 544 g/mol. The van der Waals surface area contributed by atoms with E-state index in [0.29, 0.717) is 0 Å². The second kappa shape index (κ2) is 6.69. The smallest absolute Gasteiger partial charge is 0.0616 e. The van der Waals surface area contributed by atoms with Crippen molar-refractivity contribution < 1.29 is 0 Å². The van der Waals surface area contributed by atoms with Gasteiger partial charge in [0.05, 0.1) is 3.39 Å². The molecule has 0 aromatic heterocycles. The lowest BCUT2D eigenvalue weighted by atomic mass is 9.85. The van der Waals surface area contributed by atoms with Gasteiger partial charge in [0.1, 0.15) is 0 Å². The Hall–Kier alpha value is -3.20. The molecule has 0 N–H and O–H groups in total. The SMILES string of the molecule is BrC(Br)=C1c2cccc3ccc4c5ccccc5c5c6ccccc6c6cccc1c6c5c4c23. The van der Waals surface area contributed by atoms with Gasteiger partial charge < -0.3 is 0 Å². The first kappa shape index (κ1) is 19.1. The van der Waals surface area contributed by atoms with Crippen molar-refractivity contribution in [2.24, 2.45) is 0 Å². The first-order valence-electron chi connectivity index (χ1n) is 11.4. The molecule has 0 saturated heterocycles. The normalized spacial score (nSPS) is 12.9. The Bertz CT molecular complexity index is 2060. The van der Waals surface area contributed by atoms with Crippen molar-refractivity contribution in [3.8, 4) is 0 Å². The predicted molar refractivity (Wildman–Crippen MR) is 155 cm³/mol. The maximum Gasteiger partial charge on any atom is 0.0688 e. The molecule has 0 nitrogen and oxygen atoms in total. The largest absolute Gasteiger partial charge is 0.0688 e. The van der Waals surface area contributed by atoms with Crippen LogP contribution in [0.2, 0.25) is 0 Å². The topological polar surface area (TPSA) is 0 Å². The minimum atomic E-state index is 0.982. The van der Waals surface area contributed by atoms with Crippen LogP contribution in [0.25, 0.3) is 70.2 Å². The van der Waals surface area contributed by atoms with Crippen molar-refractivity contribution in [2.45, 2.75) is 0 Å². The van der Waals surface area contributed by atoms with E-state index in [1.807, 2.05) is 0 Å².